The molecule has 0 aliphatic heterocycles. The molecule has 0 unspecified atom stereocenters. The highest BCUT2D eigenvalue weighted by molar-refractivity contribution is 6.00. The van der Waals surface area contributed by atoms with E-state index in [0.29, 0.717) is 22.6 Å². The Morgan fingerprint density at radius 1 is 1.12 bits per heavy atom. The van der Waals surface area contributed by atoms with Gasteiger partial charge in [0.2, 0.25) is 5.89 Å². The molecule has 122 valence electrons. The van der Waals surface area contributed by atoms with Crippen LogP contribution >= 0.6 is 0 Å². The highest BCUT2D eigenvalue weighted by atomic mass is 16.6. The molecular weight excluding hydrogens is 316 g/mol. The first kappa shape index (κ1) is 14.2. The number of aromatic nitrogens is 1. The zero-order chi connectivity index (χ0) is 17.1. The number of hydrogen-bond donors (Lipinski definition) is 0. The maximum Gasteiger partial charge on any atom is 0.272 e. The van der Waals surface area contributed by atoms with E-state index < -0.39 is 4.92 Å². The molecule has 1 heterocycles. The third-order valence-corrected chi connectivity index (χ3v) is 4.98. The molecule has 0 atom stereocenters. The maximum atomic E-state index is 11.1. The summed E-state index contributed by atoms with van der Waals surface area (Å²) in [6, 6.07) is 13.5. The van der Waals surface area contributed by atoms with Crippen molar-refractivity contribution >= 4 is 27.6 Å². The van der Waals surface area contributed by atoms with Crippen LogP contribution in [0.2, 0.25) is 0 Å². The molecule has 0 spiro atoms. The smallest absolute Gasteiger partial charge is 0.272 e. The summed E-state index contributed by atoms with van der Waals surface area (Å²) in [5.74, 6) is 0.509. The molecule has 5 heteroatoms. The lowest BCUT2D eigenvalue weighted by molar-refractivity contribution is -0.384. The highest BCUT2D eigenvalue weighted by Gasteiger charge is 2.20. The van der Waals surface area contributed by atoms with Crippen molar-refractivity contribution in [1.82, 2.24) is 4.98 Å². The van der Waals surface area contributed by atoms with Crippen LogP contribution in [0.5, 0.6) is 0 Å². The second kappa shape index (κ2) is 4.89. The molecule has 5 nitrogen and oxygen atoms in total. The predicted molar refractivity (Wildman–Crippen MR) is 95.8 cm³/mol. The monoisotopic (exact) mass is 330 g/mol. The molecule has 4 aromatic rings. The van der Waals surface area contributed by atoms with Gasteiger partial charge in [-0.25, -0.2) is 4.98 Å². The topological polar surface area (TPSA) is 69.2 Å². The van der Waals surface area contributed by atoms with Crippen LogP contribution in [0.1, 0.15) is 16.7 Å². The molecule has 25 heavy (non-hydrogen) atoms. The van der Waals surface area contributed by atoms with Crippen LogP contribution in [-0.4, -0.2) is 9.91 Å². The van der Waals surface area contributed by atoms with Crippen molar-refractivity contribution < 1.29 is 9.34 Å². The first-order valence-corrected chi connectivity index (χ1v) is 8.21. The molecule has 0 radical (unpaired) electrons. The Balaban J connectivity index is 1.79. The van der Waals surface area contributed by atoms with Crippen molar-refractivity contribution in [2.45, 2.75) is 19.8 Å². The first-order valence-electron chi connectivity index (χ1n) is 8.21. The number of rotatable bonds is 2. The summed E-state index contributed by atoms with van der Waals surface area (Å²) in [4.78, 5) is 15.2. The van der Waals surface area contributed by atoms with E-state index in [1.807, 2.05) is 6.07 Å². The molecule has 0 saturated heterocycles. The number of nitrogens with zero attached hydrogens (tertiary/aromatic N) is 2. The second-order valence-electron chi connectivity index (χ2n) is 6.50. The number of oxazole rings is 1. The normalized spacial score (nSPS) is 13.0. The van der Waals surface area contributed by atoms with Crippen LogP contribution in [0.25, 0.3) is 33.3 Å². The Bertz CT molecular complexity index is 1180. The van der Waals surface area contributed by atoms with Gasteiger partial charge in [0.1, 0.15) is 5.52 Å². The van der Waals surface area contributed by atoms with Gasteiger partial charge in [-0.15, -0.1) is 0 Å². The van der Waals surface area contributed by atoms with Crippen molar-refractivity contribution in [3.8, 4) is 11.5 Å². The zero-order valence-electron chi connectivity index (χ0n) is 13.6. The summed E-state index contributed by atoms with van der Waals surface area (Å²) in [6.07, 6.45) is 2.13. The molecule has 0 saturated carbocycles. The fraction of sp³-hybridized carbons (Fsp3) is 0.150. The lowest BCUT2D eigenvalue weighted by Gasteiger charge is -2.05. The van der Waals surface area contributed by atoms with E-state index in [2.05, 4.69) is 29.2 Å². The van der Waals surface area contributed by atoms with Gasteiger partial charge in [-0.2, -0.15) is 0 Å². The van der Waals surface area contributed by atoms with Crippen molar-refractivity contribution in [3.63, 3.8) is 0 Å². The van der Waals surface area contributed by atoms with E-state index in [4.69, 9.17) is 4.42 Å². The lowest BCUT2D eigenvalue weighted by atomic mass is 10.00. The molecule has 0 bridgehead atoms. The van der Waals surface area contributed by atoms with Crippen LogP contribution < -0.4 is 0 Å². The molecule has 0 N–H and O–H groups in total. The predicted octanol–water partition coefficient (Wildman–Crippen LogP) is 4.96. The third kappa shape index (κ3) is 1.99. The van der Waals surface area contributed by atoms with Gasteiger partial charge >= 0.3 is 0 Å². The Morgan fingerprint density at radius 2 is 1.92 bits per heavy atom. The summed E-state index contributed by atoms with van der Waals surface area (Å²) in [5.41, 5.74) is 5.52. The molecule has 1 aliphatic carbocycles. The van der Waals surface area contributed by atoms with Crippen LogP contribution in [0, 0.1) is 17.0 Å². The van der Waals surface area contributed by atoms with E-state index >= 15 is 0 Å². The molecule has 5 rings (SSSR count). The van der Waals surface area contributed by atoms with E-state index in [-0.39, 0.29) is 5.69 Å². The Morgan fingerprint density at radius 3 is 2.72 bits per heavy atom. The van der Waals surface area contributed by atoms with Crippen molar-refractivity contribution in [1.29, 1.82) is 0 Å². The molecule has 1 aromatic heterocycles. The summed E-state index contributed by atoms with van der Waals surface area (Å²) in [5, 5.41) is 13.5. The van der Waals surface area contributed by atoms with Crippen molar-refractivity contribution in [3.05, 3.63) is 69.3 Å². The molecule has 3 aromatic carbocycles. The number of aryl methyl sites for hydroxylation is 3. The minimum absolute atomic E-state index is 0.0326. The number of nitro groups is 1. The minimum atomic E-state index is -0.403. The fourth-order valence-corrected chi connectivity index (χ4v) is 3.84. The Hall–Kier alpha value is -3.21. The van der Waals surface area contributed by atoms with Gasteiger partial charge < -0.3 is 4.42 Å². The average Bonchev–Trinajstić information content (AvgIpc) is 3.21. The fourth-order valence-electron chi connectivity index (χ4n) is 3.84. The molecule has 0 fully saturated rings. The van der Waals surface area contributed by atoms with Crippen LogP contribution in [-0.2, 0) is 12.8 Å². The highest BCUT2D eigenvalue weighted by Crippen LogP contribution is 2.38. The van der Waals surface area contributed by atoms with E-state index in [0.717, 1.165) is 23.8 Å². The zero-order valence-corrected chi connectivity index (χ0v) is 13.6. The summed E-state index contributed by atoms with van der Waals surface area (Å²) < 4.78 is 5.99. The van der Waals surface area contributed by atoms with E-state index in [1.165, 1.54) is 28.6 Å². The van der Waals surface area contributed by atoms with Crippen molar-refractivity contribution in [2.24, 2.45) is 0 Å². The van der Waals surface area contributed by atoms with Gasteiger partial charge in [0, 0.05) is 23.3 Å². The summed E-state index contributed by atoms with van der Waals surface area (Å²) >= 11 is 0. The standard InChI is InChI=1S/C20H14N2O3/c1-11-9-14(22(23)24)10-17-19(11)25-20(21-17)16-8-7-13-6-5-12-3-2-4-15(16)18(12)13/h2-4,7-10H,5-6H2,1H3. The number of nitro benzene ring substituents is 1. The maximum absolute atomic E-state index is 11.1. The number of hydrogen-bond acceptors (Lipinski definition) is 4. The van der Waals surface area contributed by atoms with Crippen LogP contribution in [0.3, 0.4) is 0 Å². The van der Waals surface area contributed by atoms with Gasteiger partial charge in [0.25, 0.3) is 5.69 Å². The van der Waals surface area contributed by atoms with Crippen LogP contribution in [0.15, 0.2) is 46.9 Å². The van der Waals surface area contributed by atoms with Gasteiger partial charge in [-0.3, -0.25) is 10.1 Å². The van der Waals surface area contributed by atoms with Crippen molar-refractivity contribution in [2.75, 3.05) is 0 Å². The molecule has 0 amide bonds. The minimum Gasteiger partial charge on any atom is -0.436 e. The van der Waals surface area contributed by atoms with E-state index in [9.17, 15) is 10.1 Å². The molecule has 1 aliphatic rings. The third-order valence-electron chi connectivity index (χ3n) is 4.98. The van der Waals surface area contributed by atoms with Crippen LogP contribution in [0.4, 0.5) is 5.69 Å². The van der Waals surface area contributed by atoms with E-state index in [1.54, 1.807) is 6.92 Å². The van der Waals surface area contributed by atoms with Gasteiger partial charge in [0.15, 0.2) is 5.58 Å². The Labute approximate surface area is 143 Å². The number of benzene rings is 3. The SMILES string of the molecule is Cc1cc([N+](=O)[O-])cc2nc(-c3ccc4c5c(cccc35)CC4)oc12. The first-order chi connectivity index (χ1) is 12.1. The summed E-state index contributed by atoms with van der Waals surface area (Å²) in [6.45, 7) is 1.80. The van der Waals surface area contributed by atoms with Gasteiger partial charge in [-0.05, 0) is 47.7 Å². The number of non-ortho nitro benzene ring substituents is 1. The second-order valence-corrected chi connectivity index (χ2v) is 6.50. The Kier molecular flexibility index (Phi) is 2.77. The largest absolute Gasteiger partial charge is 0.436 e. The molecular formula is C20H14N2O3. The number of fused-ring (bicyclic) bond motifs is 1. The van der Waals surface area contributed by atoms with Gasteiger partial charge in [0.05, 0.1) is 4.92 Å². The lowest BCUT2D eigenvalue weighted by Crippen LogP contribution is -1.88. The quantitative estimate of drug-likeness (QED) is 0.384. The average molecular weight is 330 g/mol. The summed E-state index contributed by atoms with van der Waals surface area (Å²) in [7, 11) is 0. The van der Waals surface area contributed by atoms with Gasteiger partial charge in [-0.1, -0.05) is 24.3 Å².